The Kier molecular flexibility index (Phi) is 4.90. The minimum Gasteiger partial charge on any atom is -0.495 e. The van der Waals surface area contributed by atoms with Crippen LogP contribution in [0.2, 0.25) is 0 Å². The van der Waals surface area contributed by atoms with E-state index in [-0.39, 0.29) is 11.8 Å². The van der Waals surface area contributed by atoms with Crippen LogP contribution >= 0.6 is 11.3 Å². The van der Waals surface area contributed by atoms with E-state index < -0.39 is 0 Å². The van der Waals surface area contributed by atoms with E-state index in [0.717, 1.165) is 16.9 Å². The van der Waals surface area contributed by atoms with Gasteiger partial charge in [-0.15, -0.1) is 11.3 Å². The third-order valence-corrected chi connectivity index (χ3v) is 4.88. The molecule has 1 aromatic carbocycles. The zero-order chi connectivity index (χ0) is 18.0. The van der Waals surface area contributed by atoms with E-state index >= 15 is 0 Å². The van der Waals surface area contributed by atoms with Crippen LogP contribution in [-0.2, 0) is 9.59 Å². The second-order valence-corrected chi connectivity index (χ2v) is 6.77. The van der Waals surface area contributed by atoms with Crippen molar-refractivity contribution in [3.8, 4) is 5.75 Å². The van der Waals surface area contributed by atoms with Gasteiger partial charge in [-0.25, -0.2) is 0 Å². The van der Waals surface area contributed by atoms with Crippen LogP contribution in [0.4, 0.5) is 5.69 Å². The topological polar surface area (TPSA) is 58.6 Å². The molecule has 2 aromatic rings. The molecule has 1 aromatic heterocycles. The van der Waals surface area contributed by atoms with Gasteiger partial charge in [0.2, 0.25) is 0 Å². The molecule has 0 fully saturated rings. The number of methoxy groups -OCH3 is 1. The Morgan fingerprint density at radius 1 is 1.20 bits per heavy atom. The zero-order valence-corrected chi connectivity index (χ0v) is 15.3. The highest BCUT2D eigenvalue weighted by Gasteiger charge is 2.39. The first-order valence-corrected chi connectivity index (χ1v) is 9.00. The number of nitrogens with zero attached hydrogens (tertiary/aromatic N) is 1. The van der Waals surface area contributed by atoms with Gasteiger partial charge in [0.1, 0.15) is 11.4 Å². The predicted molar refractivity (Wildman–Crippen MR) is 99.6 cm³/mol. The molecule has 5 nitrogen and oxygen atoms in total. The van der Waals surface area contributed by atoms with Crippen molar-refractivity contribution >= 4 is 34.4 Å². The summed E-state index contributed by atoms with van der Waals surface area (Å²) >= 11 is 1.44. The van der Waals surface area contributed by atoms with Crippen molar-refractivity contribution in [3.63, 3.8) is 0 Å². The van der Waals surface area contributed by atoms with E-state index in [0.29, 0.717) is 29.3 Å². The number of nitrogens with one attached hydrogen (secondary N) is 1. The van der Waals surface area contributed by atoms with E-state index in [1.54, 1.807) is 7.11 Å². The average Bonchev–Trinajstić information content (AvgIpc) is 3.19. The lowest BCUT2D eigenvalue weighted by atomic mass is 10.1. The molecule has 0 unspecified atom stereocenters. The van der Waals surface area contributed by atoms with Gasteiger partial charge in [0.15, 0.2) is 0 Å². The maximum absolute atomic E-state index is 12.8. The standard InChI is InChI=1S/C19H20N2O3S/c1-4-9-21-18(22)16(15-6-5-10-25-15)17(19(21)23)20-13-11-12(2)7-8-14(13)24-3/h5-8,10-11,20H,4,9H2,1-3H3. The Morgan fingerprint density at radius 3 is 2.64 bits per heavy atom. The molecular weight excluding hydrogens is 336 g/mol. The minimum absolute atomic E-state index is 0.247. The number of imide groups is 1. The summed E-state index contributed by atoms with van der Waals surface area (Å²) in [6, 6.07) is 9.41. The summed E-state index contributed by atoms with van der Waals surface area (Å²) in [7, 11) is 1.58. The number of rotatable bonds is 6. The summed E-state index contributed by atoms with van der Waals surface area (Å²) in [5.41, 5.74) is 2.44. The highest BCUT2D eigenvalue weighted by Crippen LogP contribution is 2.35. The van der Waals surface area contributed by atoms with Gasteiger partial charge < -0.3 is 10.1 Å². The number of hydrogen-bond acceptors (Lipinski definition) is 5. The zero-order valence-electron chi connectivity index (χ0n) is 14.5. The Balaban J connectivity index is 2.08. The van der Waals surface area contributed by atoms with Crippen molar-refractivity contribution in [2.75, 3.05) is 19.0 Å². The summed E-state index contributed by atoms with van der Waals surface area (Å²) in [5, 5.41) is 5.05. The lowest BCUT2D eigenvalue weighted by Gasteiger charge is -2.15. The lowest BCUT2D eigenvalue weighted by molar-refractivity contribution is -0.136. The van der Waals surface area contributed by atoms with Crippen LogP contribution in [0.15, 0.2) is 41.4 Å². The predicted octanol–water partition coefficient (Wildman–Crippen LogP) is 3.67. The van der Waals surface area contributed by atoms with E-state index in [9.17, 15) is 9.59 Å². The van der Waals surface area contributed by atoms with Crippen LogP contribution in [0.3, 0.4) is 0 Å². The first-order chi connectivity index (χ1) is 12.1. The minimum atomic E-state index is -0.293. The molecule has 0 bridgehead atoms. The maximum atomic E-state index is 12.8. The molecule has 1 aliphatic rings. The number of aryl methyl sites for hydroxylation is 1. The van der Waals surface area contributed by atoms with Gasteiger partial charge in [0.25, 0.3) is 11.8 Å². The van der Waals surface area contributed by atoms with Gasteiger partial charge in [0, 0.05) is 11.4 Å². The molecule has 0 spiro atoms. The Morgan fingerprint density at radius 2 is 2.00 bits per heavy atom. The van der Waals surface area contributed by atoms with E-state index in [2.05, 4.69) is 5.32 Å². The van der Waals surface area contributed by atoms with Crippen LogP contribution in [-0.4, -0.2) is 30.4 Å². The van der Waals surface area contributed by atoms with Crippen molar-refractivity contribution in [1.29, 1.82) is 0 Å². The van der Waals surface area contributed by atoms with Crippen LogP contribution in [0.1, 0.15) is 23.8 Å². The Hall–Kier alpha value is -2.60. The van der Waals surface area contributed by atoms with Crippen molar-refractivity contribution in [2.45, 2.75) is 20.3 Å². The summed E-state index contributed by atoms with van der Waals surface area (Å²) in [6.45, 7) is 4.31. The maximum Gasteiger partial charge on any atom is 0.278 e. The van der Waals surface area contributed by atoms with Gasteiger partial charge >= 0.3 is 0 Å². The normalized spacial score (nSPS) is 14.4. The Bertz CT molecular complexity index is 840. The van der Waals surface area contributed by atoms with Gasteiger partial charge in [-0.05, 0) is 42.5 Å². The molecule has 0 radical (unpaired) electrons. The molecule has 1 aliphatic heterocycles. The van der Waals surface area contributed by atoms with Crippen LogP contribution in [0, 0.1) is 6.92 Å². The van der Waals surface area contributed by atoms with Crippen molar-refractivity contribution in [1.82, 2.24) is 4.90 Å². The first-order valence-electron chi connectivity index (χ1n) is 8.12. The monoisotopic (exact) mass is 356 g/mol. The second kappa shape index (κ2) is 7.11. The number of carbonyl (C=O) groups is 2. The average molecular weight is 356 g/mol. The van der Waals surface area contributed by atoms with Gasteiger partial charge in [-0.3, -0.25) is 14.5 Å². The number of ether oxygens (including phenoxy) is 1. The van der Waals surface area contributed by atoms with Crippen LogP contribution < -0.4 is 10.1 Å². The third-order valence-electron chi connectivity index (χ3n) is 4.00. The summed E-state index contributed by atoms with van der Waals surface area (Å²) < 4.78 is 5.38. The largest absolute Gasteiger partial charge is 0.495 e. The summed E-state index contributed by atoms with van der Waals surface area (Å²) in [4.78, 5) is 27.7. The van der Waals surface area contributed by atoms with Gasteiger partial charge in [-0.1, -0.05) is 19.1 Å². The molecule has 25 heavy (non-hydrogen) atoms. The second-order valence-electron chi connectivity index (χ2n) is 5.82. The number of amides is 2. The first kappa shape index (κ1) is 17.2. The van der Waals surface area contributed by atoms with E-state index in [1.165, 1.54) is 16.2 Å². The van der Waals surface area contributed by atoms with Crippen LogP contribution in [0.5, 0.6) is 5.75 Å². The van der Waals surface area contributed by atoms with Gasteiger partial charge in [0.05, 0.1) is 18.4 Å². The molecule has 0 atom stereocenters. The molecule has 0 saturated heterocycles. The number of benzene rings is 1. The summed E-state index contributed by atoms with van der Waals surface area (Å²) in [6.07, 6.45) is 0.718. The fourth-order valence-corrected chi connectivity index (χ4v) is 3.59. The van der Waals surface area contributed by atoms with Gasteiger partial charge in [-0.2, -0.15) is 0 Å². The highest BCUT2D eigenvalue weighted by molar-refractivity contribution is 7.11. The molecule has 130 valence electrons. The molecule has 6 heteroatoms. The third kappa shape index (κ3) is 3.17. The molecular formula is C19H20N2O3S. The van der Waals surface area contributed by atoms with Crippen LogP contribution in [0.25, 0.3) is 5.57 Å². The van der Waals surface area contributed by atoms with E-state index in [4.69, 9.17) is 4.74 Å². The smallest absolute Gasteiger partial charge is 0.278 e. The molecule has 2 amide bonds. The molecule has 2 heterocycles. The number of hydrogen-bond donors (Lipinski definition) is 1. The Labute approximate surface area is 150 Å². The highest BCUT2D eigenvalue weighted by atomic mass is 32.1. The van der Waals surface area contributed by atoms with Crippen molar-refractivity contribution < 1.29 is 14.3 Å². The fourth-order valence-electron chi connectivity index (χ4n) is 2.82. The molecule has 1 N–H and O–H groups in total. The van der Waals surface area contributed by atoms with Crippen molar-refractivity contribution in [2.24, 2.45) is 0 Å². The number of thiophene rings is 1. The van der Waals surface area contributed by atoms with Crippen molar-refractivity contribution in [3.05, 3.63) is 51.8 Å². The number of carbonyl (C=O) groups excluding carboxylic acids is 2. The lowest BCUT2D eigenvalue weighted by Crippen LogP contribution is -2.33. The molecule has 3 rings (SSSR count). The summed E-state index contributed by atoms with van der Waals surface area (Å²) in [5.74, 6) is 0.0834. The SMILES string of the molecule is CCCN1C(=O)C(Nc2cc(C)ccc2OC)=C(c2cccs2)C1=O. The fraction of sp³-hybridized carbons (Fsp3) is 0.263. The quantitative estimate of drug-likeness (QED) is 0.803. The van der Waals surface area contributed by atoms with E-state index in [1.807, 2.05) is 49.6 Å². The molecule has 0 aliphatic carbocycles. The molecule has 0 saturated carbocycles. The number of anilines is 1.